The number of benzene rings is 1. The van der Waals surface area contributed by atoms with Crippen molar-refractivity contribution in [2.45, 2.75) is 37.8 Å². The maximum atomic E-state index is 11.9. The number of rotatable bonds is 4. The second kappa shape index (κ2) is 5.51. The lowest BCUT2D eigenvalue weighted by molar-refractivity contribution is -0.124. The van der Waals surface area contributed by atoms with E-state index in [0.717, 1.165) is 30.0 Å². The predicted molar refractivity (Wildman–Crippen MR) is 74.2 cm³/mol. The fourth-order valence-corrected chi connectivity index (χ4v) is 3.22. The molecule has 0 aromatic heterocycles. The van der Waals surface area contributed by atoms with Gasteiger partial charge in [-0.1, -0.05) is 29.8 Å². The van der Waals surface area contributed by atoms with Crippen LogP contribution in [0.4, 0.5) is 0 Å². The topological polar surface area (TPSA) is 38.3 Å². The lowest BCUT2D eigenvalue weighted by Gasteiger charge is -2.39. The molecule has 1 aromatic carbocycles. The summed E-state index contributed by atoms with van der Waals surface area (Å²) in [6.07, 6.45) is 3.65. The molecule has 3 rings (SSSR count). The molecule has 3 nitrogen and oxygen atoms in total. The highest BCUT2D eigenvalue weighted by Gasteiger charge is 2.45. The maximum absolute atomic E-state index is 11.9. The molecule has 102 valence electrons. The Hall–Kier alpha value is -1.06. The van der Waals surface area contributed by atoms with Crippen LogP contribution < -0.4 is 5.32 Å². The summed E-state index contributed by atoms with van der Waals surface area (Å²) in [4.78, 5) is 11.9. The minimum atomic E-state index is 0.121. The minimum absolute atomic E-state index is 0.121. The van der Waals surface area contributed by atoms with Gasteiger partial charge >= 0.3 is 0 Å². The van der Waals surface area contributed by atoms with Crippen LogP contribution in [-0.4, -0.2) is 24.7 Å². The van der Waals surface area contributed by atoms with Crippen molar-refractivity contribution < 1.29 is 9.53 Å². The largest absolute Gasteiger partial charge is 0.378 e. The van der Waals surface area contributed by atoms with Crippen LogP contribution in [0.5, 0.6) is 0 Å². The molecular weight excluding hydrogens is 262 g/mol. The number of hydrogen-bond acceptors (Lipinski definition) is 2. The van der Waals surface area contributed by atoms with Crippen molar-refractivity contribution in [1.29, 1.82) is 0 Å². The van der Waals surface area contributed by atoms with E-state index >= 15 is 0 Å². The Balaban J connectivity index is 1.46. The van der Waals surface area contributed by atoms with E-state index in [4.69, 9.17) is 16.3 Å². The number of aryl methyl sites for hydroxylation is 1. The monoisotopic (exact) mass is 279 g/mol. The Morgan fingerprint density at radius 2 is 2.26 bits per heavy atom. The average molecular weight is 280 g/mol. The van der Waals surface area contributed by atoms with Gasteiger partial charge in [-0.3, -0.25) is 4.79 Å². The molecule has 19 heavy (non-hydrogen) atoms. The van der Waals surface area contributed by atoms with Gasteiger partial charge in [-0.05, 0) is 30.9 Å². The van der Waals surface area contributed by atoms with Crippen LogP contribution in [0, 0.1) is 5.92 Å². The third-order valence-electron chi connectivity index (χ3n) is 4.19. The summed E-state index contributed by atoms with van der Waals surface area (Å²) in [6.45, 7) is 0.849. The molecule has 3 atom stereocenters. The van der Waals surface area contributed by atoms with Crippen LogP contribution in [-0.2, 0) is 16.0 Å². The Labute approximate surface area is 118 Å². The van der Waals surface area contributed by atoms with Crippen LogP contribution >= 0.6 is 11.6 Å². The van der Waals surface area contributed by atoms with Crippen LogP contribution in [0.1, 0.15) is 24.8 Å². The molecule has 1 amide bonds. The van der Waals surface area contributed by atoms with Crippen molar-refractivity contribution in [3.8, 4) is 0 Å². The maximum Gasteiger partial charge on any atom is 0.220 e. The van der Waals surface area contributed by atoms with E-state index in [1.807, 2.05) is 24.3 Å². The van der Waals surface area contributed by atoms with Gasteiger partial charge in [-0.2, -0.15) is 0 Å². The molecule has 1 N–H and O–H groups in total. The van der Waals surface area contributed by atoms with Crippen LogP contribution in [0.3, 0.4) is 0 Å². The van der Waals surface area contributed by atoms with Gasteiger partial charge in [-0.25, -0.2) is 0 Å². The number of carbonyl (C=O) groups is 1. The third-order valence-corrected chi connectivity index (χ3v) is 4.56. The first-order chi connectivity index (χ1) is 9.24. The molecule has 0 unspecified atom stereocenters. The van der Waals surface area contributed by atoms with Gasteiger partial charge in [0.15, 0.2) is 0 Å². The Morgan fingerprint density at radius 1 is 1.42 bits per heavy atom. The van der Waals surface area contributed by atoms with Crippen LogP contribution in [0.2, 0.25) is 5.02 Å². The zero-order chi connectivity index (χ0) is 13.2. The lowest BCUT2D eigenvalue weighted by atomic mass is 9.76. The predicted octanol–water partition coefficient (Wildman–Crippen LogP) is 2.57. The third kappa shape index (κ3) is 2.77. The number of carbonyl (C=O) groups excluding carboxylic acids is 1. The van der Waals surface area contributed by atoms with Gasteiger partial charge in [-0.15, -0.1) is 0 Å². The van der Waals surface area contributed by atoms with E-state index in [1.165, 1.54) is 0 Å². The second-order valence-electron chi connectivity index (χ2n) is 5.36. The number of nitrogens with one attached hydrogen (secondary N) is 1. The summed E-state index contributed by atoms with van der Waals surface area (Å²) in [5, 5.41) is 3.85. The number of fused-ring (bicyclic) bond motifs is 1. The van der Waals surface area contributed by atoms with E-state index in [9.17, 15) is 4.79 Å². The highest BCUT2D eigenvalue weighted by atomic mass is 35.5. The van der Waals surface area contributed by atoms with E-state index < -0.39 is 0 Å². The molecule has 1 aliphatic heterocycles. The van der Waals surface area contributed by atoms with Gasteiger partial charge in [0.25, 0.3) is 0 Å². The van der Waals surface area contributed by atoms with Gasteiger partial charge in [0.2, 0.25) is 5.91 Å². The Kier molecular flexibility index (Phi) is 3.76. The SMILES string of the molecule is O=C(CCc1ccccc1Cl)N[C@@H]1C[C@H]2OCC[C@@H]12. The zero-order valence-corrected chi connectivity index (χ0v) is 11.5. The first-order valence-corrected chi connectivity index (χ1v) is 7.26. The van der Waals surface area contributed by atoms with E-state index in [0.29, 0.717) is 30.9 Å². The van der Waals surface area contributed by atoms with E-state index in [2.05, 4.69) is 5.32 Å². The highest BCUT2D eigenvalue weighted by molar-refractivity contribution is 6.31. The van der Waals surface area contributed by atoms with Crippen LogP contribution in [0.15, 0.2) is 24.3 Å². The number of ether oxygens (including phenoxy) is 1. The molecule has 1 aliphatic carbocycles. The Morgan fingerprint density at radius 3 is 3.05 bits per heavy atom. The quantitative estimate of drug-likeness (QED) is 0.920. The summed E-state index contributed by atoms with van der Waals surface area (Å²) >= 11 is 6.08. The molecule has 1 saturated carbocycles. The minimum Gasteiger partial charge on any atom is -0.378 e. The van der Waals surface area contributed by atoms with Crippen molar-refractivity contribution in [2.24, 2.45) is 5.92 Å². The summed E-state index contributed by atoms with van der Waals surface area (Å²) in [5.41, 5.74) is 1.04. The summed E-state index contributed by atoms with van der Waals surface area (Å²) in [5.74, 6) is 0.666. The fourth-order valence-electron chi connectivity index (χ4n) is 2.99. The molecule has 0 bridgehead atoms. The smallest absolute Gasteiger partial charge is 0.220 e. The number of halogens is 1. The zero-order valence-electron chi connectivity index (χ0n) is 10.8. The molecule has 1 saturated heterocycles. The summed E-state index contributed by atoms with van der Waals surface area (Å²) in [6, 6.07) is 8.01. The van der Waals surface area contributed by atoms with Crippen molar-refractivity contribution in [2.75, 3.05) is 6.61 Å². The molecule has 4 heteroatoms. The Bertz CT molecular complexity index is 477. The van der Waals surface area contributed by atoms with Crippen molar-refractivity contribution in [1.82, 2.24) is 5.32 Å². The fraction of sp³-hybridized carbons (Fsp3) is 0.533. The molecule has 1 heterocycles. The molecule has 1 aromatic rings. The van der Waals surface area contributed by atoms with Crippen LogP contribution in [0.25, 0.3) is 0 Å². The second-order valence-corrected chi connectivity index (χ2v) is 5.77. The molecule has 2 aliphatic rings. The first kappa shape index (κ1) is 12.9. The lowest BCUT2D eigenvalue weighted by Crippen LogP contribution is -2.53. The van der Waals surface area contributed by atoms with Crippen molar-refractivity contribution in [3.63, 3.8) is 0 Å². The molecule has 2 fully saturated rings. The van der Waals surface area contributed by atoms with Gasteiger partial charge in [0, 0.05) is 30.0 Å². The molecule has 0 spiro atoms. The summed E-state index contributed by atoms with van der Waals surface area (Å²) in [7, 11) is 0. The highest BCUT2D eigenvalue weighted by Crippen LogP contribution is 2.38. The van der Waals surface area contributed by atoms with E-state index in [-0.39, 0.29) is 5.91 Å². The van der Waals surface area contributed by atoms with E-state index in [1.54, 1.807) is 0 Å². The number of amides is 1. The average Bonchev–Trinajstić information content (AvgIpc) is 2.76. The normalized spacial score (nSPS) is 28.6. The summed E-state index contributed by atoms with van der Waals surface area (Å²) < 4.78 is 5.54. The first-order valence-electron chi connectivity index (χ1n) is 6.88. The van der Waals surface area contributed by atoms with Gasteiger partial charge in [0.05, 0.1) is 6.10 Å². The molecule has 0 radical (unpaired) electrons. The van der Waals surface area contributed by atoms with Gasteiger partial charge < -0.3 is 10.1 Å². The van der Waals surface area contributed by atoms with Crippen molar-refractivity contribution >= 4 is 17.5 Å². The number of hydrogen-bond donors (Lipinski definition) is 1. The van der Waals surface area contributed by atoms with Gasteiger partial charge in [0.1, 0.15) is 0 Å². The van der Waals surface area contributed by atoms with Crippen molar-refractivity contribution in [3.05, 3.63) is 34.9 Å². The molecular formula is C15H18ClNO2. The standard InChI is InChI=1S/C15H18ClNO2/c16-12-4-2-1-3-10(12)5-6-15(18)17-13-9-14-11(13)7-8-19-14/h1-4,11,13-14H,5-9H2,(H,17,18)/t11-,13+,14+/m0/s1.